The molecule has 6 heteroatoms. The lowest BCUT2D eigenvalue weighted by Gasteiger charge is -2.18. The Morgan fingerprint density at radius 1 is 1.15 bits per heavy atom. The molecular weight excluding hydrogens is 347 g/mol. The quantitative estimate of drug-likeness (QED) is 0.664. The van der Waals surface area contributed by atoms with Crippen LogP contribution < -0.4 is 14.8 Å². The molecule has 0 aliphatic carbocycles. The van der Waals surface area contributed by atoms with Crippen molar-refractivity contribution in [3.63, 3.8) is 0 Å². The molecule has 0 aliphatic rings. The van der Waals surface area contributed by atoms with Gasteiger partial charge in [-0.25, -0.2) is 4.39 Å². The van der Waals surface area contributed by atoms with Gasteiger partial charge in [0, 0.05) is 11.6 Å². The number of pyridine rings is 1. The van der Waals surface area contributed by atoms with E-state index in [2.05, 4.69) is 10.3 Å². The summed E-state index contributed by atoms with van der Waals surface area (Å²) in [4.78, 5) is 17.1. The lowest BCUT2D eigenvalue weighted by molar-refractivity contribution is -0.122. The molecule has 0 aliphatic heterocycles. The Bertz CT molecular complexity index is 928. The van der Waals surface area contributed by atoms with Crippen molar-refractivity contribution in [2.75, 3.05) is 11.9 Å². The van der Waals surface area contributed by atoms with E-state index in [0.29, 0.717) is 35.7 Å². The van der Waals surface area contributed by atoms with E-state index in [9.17, 15) is 9.18 Å². The van der Waals surface area contributed by atoms with Crippen molar-refractivity contribution in [3.05, 3.63) is 60.5 Å². The number of aromatic nitrogens is 1. The topological polar surface area (TPSA) is 60.5 Å². The first-order valence-electron chi connectivity index (χ1n) is 8.86. The Morgan fingerprint density at radius 3 is 2.63 bits per heavy atom. The number of ether oxygens (including phenoxy) is 2. The fraction of sp³-hybridized carbons (Fsp3) is 0.238. The number of rotatable bonds is 7. The Labute approximate surface area is 157 Å². The van der Waals surface area contributed by atoms with Crippen molar-refractivity contribution in [3.8, 4) is 11.5 Å². The zero-order chi connectivity index (χ0) is 19.2. The molecule has 1 aromatic heterocycles. The SMILES string of the molecule is CCOc1ccc(NC(=O)C(CC)Oc2ccc(F)cc2)c2cccnc12. The first kappa shape index (κ1) is 18.6. The number of nitrogens with one attached hydrogen (secondary N) is 1. The Balaban J connectivity index is 1.82. The number of halogens is 1. The van der Waals surface area contributed by atoms with E-state index < -0.39 is 6.10 Å². The van der Waals surface area contributed by atoms with Crippen LogP contribution in [0.3, 0.4) is 0 Å². The largest absolute Gasteiger partial charge is 0.492 e. The molecule has 27 heavy (non-hydrogen) atoms. The fourth-order valence-corrected chi connectivity index (χ4v) is 2.74. The van der Waals surface area contributed by atoms with Gasteiger partial charge in [0.05, 0.1) is 12.3 Å². The molecule has 1 heterocycles. The number of anilines is 1. The van der Waals surface area contributed by atoms with Crippen LogP contribution in [0.1, 0.15) is 20.3 Å². The van der Waals surface area contributed by atoms with Crippen LogP contribution in [-0.2, 0) is 4.79 Å². The van der Waals surface area contributed by atoms with Crippen molar-refractivity contribution in [2.45, 2.75) is 26.4 Å². The van der Waals surface area contributed by atoms with Gasteiger partial charge in [-0.05, 0) is 61.9 Å². The summed E-state index contributed by atoms with van der Waals surface area (Å²) in [6.07, 6.45) is 1.45. The summed E-state index contributed by atoms with van der Waals surface area (Å²) >= 11 is 0. The third-order valence-corrected chi connectivity index (χ3v) is 4.05. The zero-order valence-corrected chi connectivity index (χ0v) is 15.2. The van der Waals surface area contributed by atoms with E-state index in [-0.39, 0.29) is 11.7 Å². The molecule has 0 bridgehead atoms. The van der Waals surface area contributed by atoms with Crippen molar-refractivity contribution in [2.24, 2.45) is 0 Å². The lowest BCUT2D eigenvalue weighted by atomic mass is 10.1. The molecule has 1 atom stereocenters. The van der Waals surface area contributed by atoms with Crippen LogP contribution in [0.2, 0.25) is 0 Å². The summed E-state index contributed by atoms with van der Waals surface area (Å²) in [5, 5.41) is 3.69. The molecule has 0 fully saturated rings. The van der Waals surface area contributed by atoms with Gasteiger partial charge in [-0.3, -0.25) is 9.78 Å². The van der Waals surface area contributed by atoms with Crippen molar-refractivity contribution in [1.82, 2.24) is 4.98 Å². The summed E-state index contributed by atoms with van der Waals surface area (Å²) in [7, 11) is 0. The minimum Gasteiger partial charge on any atom is -0.492 e. The molecule has 1 N–H and O–H groups in total. The van der Waals surface area contributed by atoms with Crippen molar-refractivity contribution >= 4 is 22.5 Å². The number of carbonyl (C=O) groups excluding carboxylic acids is 1. The van der Waals surface area contributed by atoms with Crippen molar-refractivity contribution < 1.29 is 18.7 Å². The van der Waals surface area contributed by atoms with Gasteiger partial charge in [0.2, 0.25) is 0 Å². The third-order valence-electron chi connectivity index (χ3n) is 4.05. The summed E-state index contributed by atoms with van der Waals surface area (Å²) in [6, 6.07) is 12.9. The maximum atomic E-state index is 13.0. The molecule has 5 nitrogen and oxygen atoms in total. The number of hydrogen-bond acceptors (Lipinski definition) is 4. The summed E-state index contributed by atoms with van der Waals surface area (Å²) < 4.78 is 24.4. The number of benzene rings is 2. The molecule has 1 amide bonds. The van der Waals surface area contributed by atoms with Crippen LogP contribution in [0.5, 0.6) is 11.5 Å². The van der Waals surface area contributed by atoms with E-state index in [1.807, 2.05) is 19.9 Å². The Morgan fingerprint density at radius 2 is 1.93 bits per heavy atom. The standard InChI is InChI=1S/C21H21FN2O3/c1-3-18(27-15-9-7-14(22)8-10-15)21(25)24-17-11-12-19(26-4-2)20-16(17)6-5-13-23-20/h5-13,18H,3-4H2,1-2H3,(H,24,25). The maximum absolute atomic E-state index is 13.0. The van der Waals surface area contributed by atoms with Crippen LogP contribution in [0.15, 0.2) is 54.7 Å². The first-order chi connectivity index (χ1) is 13.1. The molecule has 140 valence electrons. The normalized spacial score (nSPS) is 11.8. The van der Waals surface area contributed by atoms with Gasteiger partial charge in [0.1, 0.15) is 22.8 Å². The molecule has 3 rings (SSSR count). The minimum atomic E-state index is -0.700. The van der Waals surface area contributed by atoms with Gasteiger partial charge in [-0.15, -0.1) is 0 Å². The minimum absolute atomic E-state index is 0.281. The molecule has 2 aromatic carbocycles. The molecule has 3 aromatic rings. The van der Waals surface area contributed by atoms with Gasteiger partial charge in [-0.1, -0.05) is 6.92 Å². The summed E-state index contributed by atoms with van der Waals surface area (Å²) in [5.41, 5.74) is 1.32. The molecule has 0 spiro atoms. The number of carbonyl (C=O) groups is 1. The van der Waals surface area contributed by atoms with E-state index in [4.69, 9.17) is 9.47 Å². The third kappa shape index (κ3) is 4.34. The smallest absolute Gasteiger partial charge is 0.265 e. The summed E-state index contributed by atoms with van der Waals surface area (Å²) in [6.45, 7) is 4.29. The highest BCUT2D eigenvalue weighted by Gasteiger charge is 2.20. The lowest BCUT2D eigenvalue weighted by Crippen LogP contribution is -2.32. The molecule has 0 radical (unpaired) electrons. The van der Waals surface area contributed by atoms with Crippen LogP contribution >= 0.6 is 0 Å². The first-order valence-corrected chi connectivity index (χ1v) is 8.86. The Kier molecular flexibility index (Phi) is 5.86. The van der Waals surface area contributed by atoms with Crippen LogP contribution in [-0.4, -0.2) is 23.6 Å². The number of hydrogen-bond donors (Lipinski definition) is 1. The van der Waals surface area contributed by atoms with Crippen molar-refractivity contribution in [1.29, 1.82) is 0 Å². The predicted octanol–water partition coefficient (Wildman–Crippen LogP) is 4.57. The number of amides is 1. The van der Waals surface area contributed by atoms with E-state index >= 15 is 0 Å². The maximum Gasteiger partial charge on any atom is 0.265 e. The predicted molar refractivity (Wildman–Crippen MR) is 103 cm³/mol. The number of fused-ring (bicyclic) bond motifs is 1. The fourth-order valence-electron chi connectivity index (χ4n) is 2.74. The average Bonchev–Trinajstić information content (AvgIpc) is 2.69. The zero-order valence-electron chi connectivity index (χ0n) is 15.2. The second kappa shape index (κ2) is 8.49. The average molecular weight is 368 g/mol. The second-order valence-corrected chi connectivity index (χ2v) is 5.90. The highest BCUT2D eigenvalue weighted by Crippen LogP contribution is 2.30. The molecule has 1 unspecified atom stereocenters. The molecule has 0 saturated carbocycles. The van der Waals surface area contributed by atoms with Gasteiger partial charge < -0.3 is 14.8 Å². The summed E-state index contributed by atoms with van der Waals surface area (Å²) in [5.74, 6) is 0.474. The van der Waals surface area contributed by atoms with Crippen LogP contribution in [0.4, 0.5) is 10.1 Å². The van der Waals surface area contributed by atoms with Crippen LogP contribution in [0.25, 0.3) is 10.9 Å². The Hall–Kier alpha value is -3.15. The van der Waals surface area contributed by atoms with Gasteiger partial charge >= 0.3 is 0 Å². The van der Waals surface area contributed by atoms with E-state index in [1.54, 1.807) is 24.4 Å². The van der Waals surface area contributed by atoms with Gasteiger partial charge in [0.25, 0.3) is 5.91 Å². The number of nitrogens with zero attached hydrogens (tertiary/aromatic N) is 1. The molecular formula is C21H21FN2O3. The molecule has 0 saturated heterocycles. The van der Waals surface area contributed by atoms with E-state index in [1.165, 1.54) is 24.3 Å². The highest BCUT2D eigenvalue weighted by molar-refractivity contribution is 6.04. The van der Waals surface area contributed by atoms with Gasteiger partial charge in [0.15, 0.2) is 6.10 Å². The monoisotopic (exact) mass is 368 g/mol. The highest BCUT2D eigenvalue weighted by atomic mass is 19.1. The van der Waals surface area contributed by atoms with E-state index in [0.717, 1.165) is 5.39 Å². The second-order valence-electron chi connectivity index (χ2n) is 5.90. The van der Waals surface area contributed by atoms with Gasteiger partial charge in [-0.2, -0.15) is 0 Å². The van der Waals surface area contributed by atoms with Crippen LogP contribution in [0, 0.1) is 5.82 Å².